The smallest absolute Gasteiger partial charge is 0.306 e. The lowest BCUT2D eigenvalue weighted by atomic mass is 9.77. The van der Waals surface area contributed by atoms with Crippen molar-refractivity contribution < 1.29 is 14.7 Å². The molecule has 5 aromatic carbocycles. The van der Waals surface area contributed by atoms with Gasteiger partial charge in [0.25, 0.3) is 0 Å². The minimum Gasteiger partial charge on any atom is -0.481 e. The Kier molecular flexibility index (Phi) is 13.0. The molecule has 0 spiro atoms. The first-order valence-corrected chi connectivity index (χ1v) is 17.8. The maximum absolute atomic E-state index is 13.2. The van der Waals surface area contributed by atoms with Crippen LogP contribution in [-0.4, -0.2) is 34.5 Å². The molecule has 1 aliphatic rings. The van der Waals surface area contributed by atoms with Crippen molar-refractivity contribution in [3.8, 4) is 0 Å². The van der Waals surface area contributed by atoms with E-state index in [0.717, 1.165) is 19.3 Å². The van der Waals surface area contributed by atoms with Crippen LogP contribution in [0.15, 0.2) is 97.1 Å². The Morgan fingerprint density at radius 2 is 1.30 bits per heavy atom. The highest BCUT2D eigenvalue weighted by molar-refractivity contribution is 6.02. The van der Waals surface area contributed by atoms with Crippen LogP contribution in [0.1, 0.15) is 103 Å². The van der Waals surface area contributed by atoms with Gasteiger partial charge in [-0.05, 0) is 93.5 Å². The second-order valence-corrected chi connectivity index (χ2v) is 12.4. The van der Waals surface area contributed by atoms with Crippen LogP contribution in [0.4, 0.5) is 0 Å². The number of fused-ring (bicyclic) bond motifs is 3. The lowest BCUT2D eigenvalue weighted by molar-refractivity contribution is -0.143. The van der Waals surface area contributed by atoms with E-state index in [2.05, 4.69) is 104 Å². The van der Waals surface area contributed by atoms with Gasteiger partial charge in [0, 0.05) is 19.0 Å². The Morgan fingerprint density at radius 3 is 1.85 bits per heavy atom. The third-order valence-electron chi connectivity index (χ3n) is 9.72. The van der Waals surface area contributed by atoms with E-state index in [0.29, 0.717) is 25.8 Å². The average Bonchev–Trinajstić information content (AvgIpc) is 3.55. The fourth-order valence-electron chi connectivity index (χ4n) is 7.56. The molecule has 4 heteroatoms. The largest absolute Gasteiger partial charge is 0.481 e. The summed E-state index contributed by atoms with van der Waals surface area (Å²) in [6.07, 6.45) is 4.07. The van der Waals surface area contributed by atoms with E-state index in [-0.39, 0.29) is 23.8 Å². The summed E-state index contributed by atoms with van der Waals surface area (Å²) in [6.45, 7) is 13.0. The second kappa shape index (κ2) is 17.1. The summed E-state index contributed by atoms with van der Waals surface area (Å²) in [4.78, 5) is 27.4. The molecule has 4 nitrogen and oxygen atoms in total. The highest BCUT2D eigenvalue weighted by Gasteiger charge is 2.34. The molecule has 0 aromatic heterocycles. The summed E-state index contributed by atoms with van der Waals surface area (Å²) in [6, 6.07) is 34.6. The summed E-state index contributed by atoms with van der Waals surface area (Å²) in [5, 5.41) is 17.5. The summed E-state index contributed by atoms with van der Waals surface area (Å²) >= 11 is 0. The number of carbonyl (C=O) groups is 2. The number of carboxylic acids is 1. The van der Waals surface area contributed by atoms with E-state index >= 15 is 0 Å². The number of nitrogens with zero attached hydrogens (tertiary/aromatic N) is 1. The lowest BCUT2D eigenvalue weighted by Crippen LogP contribution is -2.40. The van der Waals surface area contributed by atoms with Gasteiger partial charge in [0.05, 0.1) is 5.92 Å². The molecule has 1 fully saturated rings. The predicted octanol–water partition coefficient (Wildman–Crippen LogP) is 11.4. The van der Waals surface area contributed by atoms with E-state index in [4.69, 9.17) is 0 Å². The number of hydrogen-bond donors (Lipinski definition) is 1. The molecule has 6 rings (SSSR count). The molecular weight excluding hydrogens is 578 g/mol. The van der Waals surface area contributed by atoms with E-state index in [1.54, 1.807) is 0 Å². The number of carboxylic acid groups (broad SMARTS) is 1. The molecule has 4 atom stereocenters. The van der Waals surface area contributed by atoms with Gasteiger partial charge in [-0.3, -0.25) is 9.59 Å². The molecule has 248 valence electrons. The molecular formula is C43H53NO3. The number of benzene rings is 5. The summed E-state index contributed by atoms with van der Waals surface area (Å²) in [7, 11) is 0. The van der Waals surface area contributed by atoms with Crippen molar-refractivity contribution in [3.05, 3.63) is 108 Å². The molecule has 0 radical (unpaired) electrons. The number of aliphatic carboxylic acids is 1. The van der Waals surface area contributed by atoms with Crippen molar-refractivity contribution in [3.63, 3.8) is 0 Å². The van der Waals surface area contributed by atoms with Crippen molar-refractivity contribution in [2.75, 3.05) is 6.54 Å². The van der Waals surface area contributed by atoms with E-state index < -0.39 is 11.9 Å². The average molecular weight is 632 g/mol. The number of likely N-dealkylation sites (tertiary alicyclic amines) is 1. The molecule has 0 aliphatic carbocycles. The fourth-order valence-corrected chi connectivity index (χ4v) is 7.56. The Morgan fingerprint density at radius 1 is 0.745 bits per heavy atom. The van der Waals surface area contributed by atoms with Crippen LogP contribution < -0.4 is 0 Å². The summed E-state index contributed by atoms with van der Waals surface area (Å²) in [5.41, 5.74) is 2.65. The highest BCUT2D eigenvalue weighted by Crippen LogP contribution is 2.43. The number of amides is 1. The van der Waals surface area contributed by atoms with E-state index in [1.807, 2.05) is 39.5 Å². The maximum atomic E-state index is 13.2. The van der Waals surface area contributed by atoms with Gasteiger partial charge in [0.2, 0.25) is 5.91 Å². The molecule has 1 saturated heterocycles. The van der Waals surface area contributed by atoms with Crippen LogP contribution in [0, 0.1) is 5.92 Å². The molecule has 1 heterocycles. The predicted molar refractivity (Wildman–Crippen MR) is 199 cm³/mol. The molecule has 1 amide bonds. The normalized spacial score (nSPS) is 15.4. The molecule has 0 bridgehead atoms. The first-order valence-electron chi connectivity index (χ1n) is 17.8. The van der Waals surface area contributed by atoms with E-state index in [9.17, 15) is 14.7 Å². The highest BCUT2D eigenvalue weighted by atomic mass is 16.4. The number of rotatable bonds is 11. The van der Waals surface area contributed by atoms with Crippen molar-refractivity contribution in [1.29, 1.82) is 0 Å². The van der Waals surface area contributed by atoms with Gasteiger partial charge in [-0.1, -0.05) is 133 Å². The Balaban J connectivity index is 0.00000120. The standard InChI is InChI=1S/C39H41NO3.2C2H6/c1-3-27(39(42)43)24-32(40-21-11-20-37(40)41)25-31(22-26(2)33-19-10-15-28-12-4-7-16-34(28)33)38-35-17-8-5-13-29(35)23-30-14-6-9-18-36(30)38;2*1-2/h4-10,12-19,23,26-27,31-32H,3,11,20-22,24-25H2,1-2H3,(H,42,43);2*1-2H3. The minimum atomic E-state index is -0.768. The molecule has 1 N–H and O–H groups in total. The zero-order chi connectivity index (χ0) is 33.9. The quantitative estimate of drug-likeness (QED) is 0.148. The van der Waals surface area contributed by atoms with Gasteiger partial charge in [-0.25, -0.2) is 0 Å². The van der Waals surface area contributed by atoms with Crippen molar-refractivity contribution in [2.45, 2.75) is 97.9 Å². The molecule has 0 saturated carbocycles. The van der Waals surface area contributed by atoms with Gasteiger partial charge >= 0.3 is 5.97 Å². The van der Waals surface area contributed by atoms with Gasteiger partial charge in [-0.15, -0.1) is 0 Å². The summed E-state index contributed by atoms with van der Waals surface area (Å²) in [5.74, 6) is -0.706. The van der Waals surface area contributed by atoms with Crippen molar-refractivity contribution >= 4 is 44.2 Å². The minimum absolute atomic E-state index is 0.120. The first kappa shape index (κ1) is 35.7. The van der Waals surface area contributed by atoms with Crippen LogP contribution >= 0.6 is 0 Å². The van der Waals surface area contributed by atoms with Crippen LogP contribution in [0.3, 0.4) is 0 Å². The van der Waals surface area contributed by atoms with Crippen LogP contribution in [0.5, 0.6) is 0 Å². The van der Waals surface area contributed by atoms with Crippen molar-refractivity contribution in [1.82, 2.24) is 4.90 Å². The van der Waals surface area contributed by atoms with Crippen LogP contribution in [0.2, 0.25) is 0 Å². The van der Waals surface area contributed by atoms with Gasteiger partial charge in [-0.2, -0.15) is 0 Å². The number of carbonyl (C=O) groups excluding carboxylic acids is 1. The summed E-state index contributed by atoms with van der Waals surface area (Å²) < 4.78 is 0. The zero-order valence-electron chi connectivity index (χ0n) is 29.2. The Labute approximate surface area is 281 Å². The molecule has 4 unspecified atom stereocenters. The molecule has 5 aromatic rings. The lowest BCUT2D eigenvalue weighted by Gasteiger charge is -2.35. The Hall–Kier alpha value is -4.18. The van der Waals surface area contributed by atoms with Gasteiger partial charge in [0.1, 0.15) is 0 Å². The third-order valence-corrected chi connectivity index (χ3v) is 9.72. The maximum Gasteiger partial charge on any atom is 0.306 e. The van der Waals surface area contributed by atoms with Gasteiger partial charge in [0.15, 0.2) is 0 Å². The monoisotopic (exact) mass is 631 g/mol. The van der Waals surface area contributed by atoms with Crippen LogP contribution in [-0.2, 0) is 9.59 Å². The van der Waals surface area contributed by atoms with E-state index in [1.165, 1.54) is 43.4 Å². The SMILES string of the molecule is CC.CC.CCC(CC(CC(CC(C)c1cccc2ccccc12)c1c2ccccc2cc2ccccc12)N1CCCC1=O)C(=O)O. The topological polar surface area (TPSA) is 57.6 Å². The van der Waals surface area contributed by atoms with Gasteiger partial charge < -0.3 is 10.0 Å². The molecule has 47 heavy (non-hydrogen) atoms. The zero-order valence-corrected chi connectivity index (χ0v) is 29.2. The third kappa shape index (κ3) is 8.04. The fraction of sp³-hybridized carbons (Fsp3) is 0.395. The number of hydrogen-bond acceptors (Lipinski definition) is 2. The second-order valence-electron chi connectivity index (χ2n) is 12.4. The first-order chi connectivity index (χ1) is 22.9. The Bertz CT molecular complexity index is 1720. The van der Waals surface area contributed by atoms with Crippen molar-refractivity contribution in [2.24, 2.45) is 5.92 Å². The van der Waals surface area contributed by atoms with Crippen LogP contribution in [0.25, 0.3) is 32.3 Å². The molecule has 1 aliphatic heterocycles.